The molecule has 1 N–H and O–H groups in total. The molecule has 3 heteroatoms. The molecule has 0 bridgehead atoms. The van der Waals surface area contributed by atoms with Gasteiger partial charge in [-0.25, -0.2) is 0 Å². The summed E-state index contributed by atoms with van der Waals surface area (Å²) in [5.41, 5.74) is 3.64. The number of halogens is 1. The van der Waals surface area contributed by atoms with Gasteiger partial charge in [0.15, 0.2) is 0 Å². The molecule has 0 saturated heterocycles. The van der Waals surface area contributed by atoms with Crippen molar-refractivity contribution in [1.82, 2.24) is 0 Å². The van der Waals surface area contributed by atoms with Crippen molar-refractivity contribution in [1.29, 1.82) is 0 Å². The lowest BCUT2D eigenvalue weighted by atomic mass is 9.92. The molecule has 0 aliphatic carbocycles. The number of hydrogen-bond donors (Lipinski definition) is 1. The molecule has 2 nitrogen and oxygen atoms in total. The van der Waals surface area contributed by atoms with Crippen LogP contribution in [0.5, 0.6) is 5.75 Å². The van der Waals surface area contributed by atoms with Crippen molar-refractivity contribution in [3.05, 3.63) is 64.2 Å². The standard InChI is InChI=1S/C18H19ClO2/c1-12-2-7-18-14(8-12)9-17(21-18)10-15(11-20)13-3-5-16(19)6-4-13/h2-8,15,17,20H,9-11H2,1H3. The first-order valence-electron chi connectivity index (χ1n) is 7.28. The van der Waals surface area contributed by atoms with Crippen molar-refractivity contribution in [2.45, 2.75) is 31.8 Å². The van der Waals surface area contributed by atoms with Crippen LogP contribution in [0.1, 0.15) is 29.0 Å². The van der Waals surface area contributed by atoms with E-state index in [-0.39, 0.29) is 18.6 Å². The van der Waals surface area contributed by atoms with Gasteiger partial charge in [0.25, 0.3) is 0 Å². The average molecular weight is 303 g/mol. The molecular weight excluding hydrogens is 284 g/mol. The third-order valence-electron chi connectivity index (χ3n) is 4.07. The Kier molecular flexibility index (Phi) is 4.18. The van der Waals surface area contributed by atoms with Crippen molar-refractivity contribution in [2.24, 2.45) is 0 Å². The van der Waals surface area contributed by atoms with Crippen LogP contribution in [0.2, 0.25) is 5.02 Å². The number of rotatable bonds is 4. The zero-order valence-corrected chi connectivity index (χ0v) is 12.8. The van der Waals surface area contributed by atoms with Gasteiger partial charge in [-0.05, 0) is 42.7 Å². The largest absolute Gasteiger partial charge is 0.490 e. The quantitative estimate of drug-likeness (QED) is 0.920. The highest BCUT2D eigenvalue weighted by molar-refractivity contribution is 6.30. The number of aliphatic hydroxyl groups is 1. The van der Waals surface area contributed by atoms with Gasteiger partial charge in [0.05, 0.1) is 6.61 Å². The van der Waals surface area contributed by atoms with Crippen LogP contribution in [-0.2, 0) is 6.42 Å². The Morgan fingerprint density at radius 1 is 1.24 bits per heavy atom. The number of aryl methyl sites for hydroxylation is 1. The SMILES string of the molecule is Cc1ccc2c(c1)CC(CC(CO)c1ccc(Cl)cc1)O2. The molecule has 1 aliphatic heterocycles. The van der Waals surface area contributed by atoms with Crippen molar-refractivity contribution in [3.8, 4) is 5.75 Å². The second-order valence-electron chi connectivity index (χ2n) is 5.72. The second-order valence-corrected chi connectivity index (χ2v) is 6.16. The highest BCUT2D eigenvalue weighted by Gasteiger charge is 2.26. The number of aliphatic hydroxyl groups excluding tert-OH is 1. The maximum atomic E-state index is 9.68. The monoisotopic (exact) mass is 302 g/mol. The van der Waals surface area contributed by atoms with E-state index in [1.807, 2.05) is 30.3 Å². The lowest BCUT2D eigenvalue weighted by molar-refractivity contribution is 0.179. The molecule has 0 fully saturated rings. The first-order valence-corrected chi connectivity index (χ1v) is 7.66. The van der Waals surface area contributed by atoms with E-state index in [4.69, 9.17) is 16.3 Å². The number of fused-ring (bicyclic) bond motifs is 1. The second kappa shape index (κ2) is 6.08. The minimum Gasteiger partial charge on any atom is -0.490 e. The Bertz CT molecular complexity index is 622. The van der Waals surface area contributed by atoms with Gasteiger partial charge in [-0.2, -0.15) is 0 Å². The zero-order valence-electron chi connectivity index (χ0n) is 12.1. The highest BCUT2D eigenvalue weighted by atomic mass is 35.5. The third kappa shape index (κ3) is 3.22. The van der Waals surface area contributed by atoms with Crippen LogP contribution in [-0.4, -0.2) is 17.8 Å². The van der Waals surface area contributed by atoms with Gasteiger partial charge in [0.1, 0.15) is 11.9 Å². The number of ether oxygens (including phenoxy) is 1. The fourth-order valence-corrected chi connectivity index (χ4v) is 3.07. The van der Waals surface area contributed by atoms with Crippen LogP contribution >= 0.6 is 11.6 Å². The minimum absolute atomic E-state index is 0.0858. The predicted octanol–water partition coefficient (Wildman–Crippen LogP) is 4.12. The molecule has 2 unspecified atom stereocenters. The molecule has 0 radical (unpaired) electrons. The van der Waals surface area contributed by atoms with Gasteiger partial charge in [0, 0.05) is 17.4 Å². The molecule has 3 rings (SSSR count). The van der Waals surface area contributed by atoms with Crippen LogP contribution in [0.25, 0.3) is 0 Å². The van der Waals surface area contributed by atoms with Gasteiger partial charge in [-0.15, -0.1) is 0 Å². The molecule has 1 aliphatic rings. The third-order valence-corrected chi connectivity index (χ3v) is 4.32. The van der Waals surface area contributed by atoms with Crippen molar-refractivity contribution >= 4 is 11.6 Å². The Morgan fingerprint density at radius 2 is 2.00 bits per heavy atom. The summed E-state index contributed by atoms with van der Waals surface area (Å²) in [7, 11) is 0. The minimum atomic E-state index is 0.0858. The van der Waals surface area contributed by atoms with Gasteiger partial charge in [-0.1, -0.05) is 41.4 Å². The summed E-state index contributed by atoms with van der Waals surface area (Å²) < 4.78 is 6.00. The number of hydrogen-bond acceptors (Lipinski definition) is 2. The van der Waals surface area contributed by atoms with Crippen LogP contribution in [0, 0.1) is 6.92 Å². The molecule has 2 atom stereocenters. The lowest BCUT2D eigenvalue weighted by Gasteiger charge is -2.19. The van der Waals surface area contributed by atoms with E-state index in [2.05, 4.69) is 19.1 Å². The summed E-state index contributed by atoms with van der Waals surface area (Å²) in [6, 6.07) is 14.0. The maximum Gasteiger partial charge on any atom is 0.123 e. The Labute approximate surface area is 130 Å². The summed E-state index contributed by atoms with van der Waals surface area (Å²) >= 11 is 5.92. The molecule has 0 aromatic heterocycles. The van der Waals surface area contributed by atoms with Crippen LogP contribution in [0.15, 0.2) is 42.5 Å². The summed E-state index contributed by atoms with van der Waals surface area (Å²) in [6.45, 7) is 2.22. The van der Waals surface area contributed by atoms with Gasteiger partial charge in [0.2, 0.25) is 0 Å². The Hall–Kier alpha value is -1.51. The van der Waals surface area contributed by atoms with Crippen molar-refractivity contribution in [3.63, 3.8) is 0 Å². The van der Waals surface area contributed by atoms with E-state index < -0.39 is 0 Å². The van der Waals surface area contributed by atoms with E-state index in [1.54, 1.807) is 0 Å². The van der Waals surface area contributed by atoms with Crippen LogP contribution < -0.4 is 4.74 Å². The van der Waals surface area contributed by atoms with E-state index in [0.717, 1.165) is 29.2 Å². The van der Waals surface area contributed by atoms with E-state index in [0.29, 0.717) is 0 Å². The Morgan fingerprint density at radius 3 is 2.71 bits per heavy atom. The molecule has 0 spiro atoms. The lowest BCUT2D eigenvalue weighted by Crippen LogP contribution is -2.19. The molecule has 0 amide bonds. The molecular formula is C18H19ClO2. The van der Waals surface area contributed by atoms with Crippen molar-refractivity contribution < 1.29 is 9.84 Å². The van der Waals surface area contributed by atoms with Gasteiger partial charge >= 0.3 is 0 Å². The molecule has 110 valence electrons. The van der Waals surface area contributed by atoms with E-state index >= 15 is 0 Å². The fourth-order valence-electron chi connectivity index (χ4n) is 2.95. The maximum absolute atomic E-state index is 9.68. The summed E-state index contributed by atoms with van der Waals surface area (Å²) in [6.07, 6.45) is 1.86. The molecule has 0 saturated carbocycles. The van der Waals surface area contributed by atoms with Gasteiger partial charge in [-0.3, -0.25) is 0 Å². The fraction of sp³-hybridized carbons (Fsp3) is 0.333. The number of benzene rings is 2. The molecule has 2 aromatic carbocycles. The first-order chi connectivity index (χ1) is 10.2. The molecule has 1 heterocycles. The van der Waals surface area contributed by atoms with Crippen molar-refractivity contribution in [2.75, 3.05) is 6.61 Å². The normalized spacial score (nSPS) is 18.1. The Balaban J connectivity index is 1.70. The van der Waals surface area contributed by atoms with Crippen LogP contribution in [0.4, 0.5) is 0 Å². The van der Waals surface area contributed by atoms with E-state index in [1.165, 1.54) is 11.1 Å². The van der Waals surface area contributed by atoms with Gasteiger partial charge < -0.3 is 9.84 Å². The molecule has 21 heavy (non-hydrogen) atoms. The topological polar surface area (TPSA) is 29.5 Å². The van der Waals surface area contributed by atoms with E-state index in [9.17, 15) is 5.11 Å². The van der Waals surface area contributed by atoms with Crippen LogP contribution in [0.3, 0.4) is 0 Å². The molecule has 2 aromatic rings. The highest BCUT2D eigenvalue weighted by Crippen LogP contribution is 2.34. The average Bonchev–Trinajstić information content (AvgIpc) is 2.87. The summed E-state index contributed by atoms with van der Waals surface area (Å²) in [5, 5.41) is 10.4. The zero-order chi connectivity index (χ0) is 14.8. The smallest absolute Gasteiger partial charge is 0.123 e. The summed E-state index contributed by atoms with van der Waals surface area (Å²) in [5.74, 6) is 1.07. The summed E-state index contributed by atoms with van der Waals surface area (Å²) in [4.78, 5) is 0. The first kappa shape index (κ1) is 14.4. The predicted molar refractivity (Wildman–Crippen MR) is 85.2 cm³/mol.